The molecule has 0 aromatic heterocycles. The molecule has 1 aromatic rings. The summed E-state index contributed by atoms with van der Waals surface area (Å²) in [4.78, 5) is 24.4. The van der Waals surface area contributed by atoms with Crippen molar-refractivity contribution in [3.8, 4) is 0 Å². The molecule has 1 amide bonds. The number of likely N-dealkylation sites (tertiary alicyclic amines) is 1. The van der Waals surface area contributed by atoms with E-state index in [1.54, 1.807) is 17.0 Å². The van der Waals surface area contributed by atoms with Crippen LogP contribution in [-0.4, -0.2) is 35.0 Å². The molecule has 1 saturated heterocycles. The van der Waals surface area contributed by atoms with Gasteiger partial charge in [0.2, 0.25) is 5.91 Å². The van der Waals surface area contributed by atoms with Crippen LogP contribution >= 0.6 is 0 Å². The molecule has 0 aliphatic carbocycles. The summed E-state index contributed by atoms with van der Waals surface area (Å²) in [5, 5.41) is 8.88. The number of hydrogen-bond acceptors (Lipinski definition) is 3. The zero-order valence-electron chi connectivity index (χ0n) is 10.0. The second-order valence-electron chi connectivity index (χ2n) is 4.59. The van der Waals surface area contributed by atoms with Crippen LogP contribution in [0.25, 0.3) is 0 Å². The van der Waals surface area contributed by atoms with Crippen molar-refractivity contribution < 1.29 is 14.7 Å². The molecule has 1 fully saturated rings. The van der Waals surface area contributed by atoms with Gasteiger partial charge in [-0.15, -0.1) is 0 Å². The van der Waals surface area contributed by atoms with Crippen LogP contribution in [0.3, 0.4) is 0 Å². The minimum atomic E-state index is -0.825. The normalized spacial score (nSPS) is 18.9. The van der Waals surface area contributed by atoms with Crippen LogP contribution in [0, 0.1) is 5.92 Å². The topological polar surface area (TPSA) is 83.6 Å². The van der Waals surface area contributed by atoms with Crippen LogP contribution in [0.15, 0.2) is 24.3 Å². The van der Waals surface area contributed by atoms with E-state index in [1.165, 1.54) is 0 Å². The number of hydrogen-bond donors (Lipinski definition) is 2. The summed E-state index contributed by atoms with van der Waals surface area (Å²) in [6, 6.07) is 7.19. The summed E-state index contributed by atoms with van der Waals surface area (Å²) in [5.74, 6) is -1.28. The first-order chi connectivity index (χ1) is 8.56. The van der Waals surface area contributed by atoms with Crippen LogP contribution in [0.4, 0.5) is 5.69 Å². The summed E-state index contributed by atoms with van der Waals surface area (Å²) in [7, 11) is 0. The zero-order chi connectivity index (χ0) is 13.1. The van der Waals surface area contributed by atoms with E-state index in [4.69, 9.17) is 10.8 Å². The molecular formula is C13H16N2O3. The molecule has 0 bridgehead atoms. The second kappa shape index (κ2) is 5.08. The quantitative estimate of drug-likeness (QED) is 0.773. The van der Waals surface area contributed by atoms with Gasteiger partial charge in [-0.1, -0.05) is 12.1 Å². The molecule has 0 saturated carbocycles. The summed E-state index contributed by atoms with van der Waals surface area (Å²) >= 11 is 0. The smallest absolute Gasteiger partial charge is 0.308 e. The monoisotopic (exact) mass is 248 g/mol. The van der Waals surface area contributed by atoms with Gasteiger partial charge in [-0.3, -0.25) is 9.59 Å². The lowest BCUT2D eigenvalue weighted by atomic mass is 10.1. The molecule has 3 N–H and O–H groups in total. The summed E-state index contributed by atoms with van der Waals surface area (Å²) < 4.78 is 0. The molecule has 5 heteroatoms. The highest BCUT2D eigenvalue weighted by molar-refractivity contribution is 5.81. The maximum Gasteiger partial charge on any atom is 0.308 e. The first kappa shape index (κ1) is 12.4. The number of carboxylic acids is 1. The first-order valence-electron chi connectivity index (χ1n) is 5.91. The van der Waals surface area contributed by atoms with Gasteiger partial charge in [0.15, 0.2) is 0 Å². The number of nitrogens with zero attached hydrogens (tertiary/aromatic N) is 1. The Morgan fingerprint density at radius 3 is 2.83 bits per heavy atom. The average molecular weight is 248 g/mol. The van der Waals surface area contributed by atoms with E-state index in [0.29, 0.717) is 25.2 Å². The Kier molecular flexibility index (Phi) is 3.50. The van der Waals surface area contributed by atoms with Crippen LogP contribution in [0.5, 0.6) is 0 Å². The molecule has 1 atom stereocenters. The predicted molar refractivity (Wildman–Crippen MR) is 66.9 cm³/mol. The zero-order valence-corrected chi connectivity index (χ0v) is 10.0. The van der Waals surface area contributed by atoms with Gasteiger partial charge < -0.3 is 15.7 Å². The van der Waals surface area contributed by atoms with Gasteiger partial charge in [-0.25, -0.2) is 0 Å². The predicted octanol–water partition coefficient (Wildman–Crippen LogP) is 0.744. The lowest BCUT2D eigenvalue weighted by molar-refractivity contribution is -0.141. The van der Waals surface area contributed by atoms with Crippen molar-refractivity contribution in [1.82, 2.24) is 4.90 Å². The van der Waals surface area contributed by atoms with Gasteiger partial charge in [0.1, 0.15) is 0 Å². The third kappa shape index (κ3) is 2.80. The van der Waals surface area contributed by atoms with Gasteiger partial charge in [-0.05, 0) is 24.1 Å². The second-order valence-corrected chi connectivity index (χ2v) is 4.59. The van der Waals surface area contributed by atoms with E-state index >= 15 is 0 Å². The SMILES string of the molecule is Nc1cccc(CC(=O)N2CCC(C(=O)O)C2)c1. The van der Waals surface area contributed by atoms with E-state index in [1.807, 2.05) is 12.1 Å². The molecule has 0 radical (unpaired) electrons. The standard InChI is InChI=1S/C13H16N2O3/c14-11-3-1-2-9(6-11)7-12(16)15-5-4-10(8-15)13(17)18/h1-3,6,10H,4-5,7-8,14H2,(H,17,18). The number of benzene rings is 1. The van der Waals surface area contributed by atoms with Gasteiger partial charge >= 0.3 is 5.97 Å². The summed E-state index contributed by atoms with van der Waals surface area (Å²) in [5.41, 5.74) is 7.14. The Bertz CT molecular complexity index is 473. The van der Waals surface area contributed by atoms with E-state index < -0.39 is 11.9 Å². The summed E-state index contributed by atoms with van der Waals surface area (Å²) in [6.07, 6.45) is 0.815. The van der Waals surface area contributed by atoms with Crippen LogP contribution in [0.1, 0.15) is 12.0 Å². The molecule has 1 unspecified atom stereocenters. The number of rotatable bonds is 3. The highest BCUT2D eigenvalue weighted by Crippen LogP contribution is 2.18. The Balaban J connectivity index is 1.95. The van der Waals surface area contributed by atoms with Crippen LogP contribution < -0.4 is 5.73 Å². The van der Waals surface area contributed by atoms with Crippen molar-refractivity contribution in [3.63, 3.8) is 0 Å². The molecule has 5 nitrogen and oxygen atoms in total. The number of anilines is 1. The molecule has 1 aliphatic rings. The Labute approximate surface area is 105 Å². The van der Waals surface area contributed by atoms with Gasteiger partial charge in [0.05, 0.1) is 12.3 Å². The lowest BCUT2D eigenvalue weighted by Crippen LogP contribution is -2.31. The fraction of sp³-hybridized carbons (Fsp3) is 0.385. The number of aliphatic carboxylic acids is 1. The number of carboxylic acid groups (broad SMARTS) is 1. The molecule has 1 aliphatic heterocycles. The highest BCUT2D eigenvalue weighted by atomic mass is 16.4. The van der Waals surface area contributed by atoms with Crippen molar-refractivity contribution in [1.29, 1.82) is 0 Å². The van der Waals surface area contributed by atoms with Crippen LogP contribution in [0.2, 0.25) is 0 Å². The molecular weight excluding hydrogens is 232 g/mol. The number of amides is 1. The number of nitrogens with two attached hydrogens (primary N) is 1. The maximum atomic E-state index is 12.0. The maximum absolute atomic E-state index is 12.0. The van der Waals surface area contributed by atoms with Crippen molar-refractivity contribution in [3.05, 3.63) is 29.8 Å². The Morgan fingerprint density at radius 2 is 2.22 bits per heavy atom. The van der Waals surface area contributed by atoms with Gasteiger partial charge in [0, 0.05) is 18.8 Å². The van der Waals surface area contributed by atoms with E-state index in [0.717, 1.165) is 5.56 Å². The molecule has 1 aromatic carbocycles. The number of nitrogen functional groups attached to an aromatic ring is 1. The van der Waals surface area contributed by atoms with Gasteiger partial charge in [-0.2, -0.15) is 0 Å². The minimum Gasteiger partial charge on any atom is -0.481 e. The first-order valence-corrected chi connectivity index (χ1v) is 5.91. The minimum absolute atomic E-state index is 0.0376. The van der Waals surface area contributed by atoms with E-state index in [9.17, 15) is 9.59 Å². The molecule has 1 heterocycles. The lowest BCUT2D eigenvalue weighted by Gasteiger charge is -2.15. The highest BCUT2D eigenvalue weighted by Gasteiger charge is 2.30. The van der Waals surface area contributed by atoms with Crippen LogP contribution in [-0.2, 0) is 16.0 Å². The average Bonchev–Trinajstić information content (AvgIpc) is 2.78. The molecule has 0 spiro atoms. The fourth-order valence-corrected chi connectivity index (χ4v) is 2.18. The van der Waals surface area contributed by atoms with Gasteiger partial charge in [0.25, 0.3) is 0 Å². The molecule has 18 heavy (non-hydrogen) atoms. The third-order valence-corrected chi connectivity index (χ3v) is 3.20. The molecule has 96 valence electrons. The van der Waals surface area contributed by atoms with Crippen molar-refractivity contribution in [2.75, 3.05) is 18.8 Å². The van der Waals surface area contributed by atoms with Crippen molar-refractivity contribution >= 4 is 17.6 Å². The largest absolute Gasteiger partial charge is 0.481 e. The Morgan fingerprint density at radius 1 is 1.44 bits per heavy atom. The van der Waals surface area contributed by atoms with Crippen molar-refractivity contribution in [2.45, 2.75) is 12.8 Å². The van der Waals surface area contributed by atoms with Crippen molar-refractivity contribution in [2.24, 2.45) is 5.92 Å². The van der Waals surface area contributed by atoms with E-state index in [-0.39, 0.29) is 12.3 Å². The van der Waals surface area contributed by atoms with E-state index in [2.05, 4.69) is 0 Å². The Hall–Kier alpha value is -2.04. The number of carbonyl (C=O) groups excluding carboxylic acids is 1. The number of carbonyl (C=O) groups is 2. The molecule has 2 rings (SSSR count). The fourth-order valence-electron chi connectivity index (χ4n) is 2.18. The third-order valence-electron chi connectivity index (χ3n) is 3.20. The summed E-state index contributed by atoms with van der Waals surface area (Å²) in [6.45, 7) is 0.842.